The molecule has 0 saturated carbocycles. The highest BCUT2D eigenvalue weighted by Crippen LogP contribution is 2.31. The van der Waals surface area contributed by atoms with Crippen LogP contribution in [0.1, 0.15) is 0 Å². The minimum atomic E-state index is -0.116. The number of aromatic amines is 1. The number of fused-ring (bicyclic) bond motifs is 1. The van der Waals surface area contributed by atoms with E-state index in [4.69, 9.17) is 6.42 Å². The molecule has 0 fully saturated rings. The molecule has 0 saturated heterocycles. The van der Waals surface area contributed by atoms with Crippen LogP contribution in [0.25, 0.3) is 21.3 Å². The monoisotopic (exact) mass is 298 g/mol. The standard InChI is InChI=1S/C15H10N2OS2/c1-2-8-19-15-16-13(18)12-11(9-20-14(12)17-15)10-6-4-3-5-7-10/h1,3-7,9H,8H2,(H,16,17,18). The van der Waals surface area contributed by atoms with Crippen LogP contribution in [-0.4, -0.2) is 15.7 Å². The summed E-state index contributed by atoms with van der Waals surface area (Å²) in [6.45, 7) is 0. The molecule has 5 heteroatoms. The summed E-state index contributed by atoms with van der Waals surface area (Å²) in [6.07, 6.45) is 5.22. The van der Waals surface area contributed by atoms with Crippen LogP contribution >= 0.6 is 23.1 Å². The average molecular weight is 298 g/mol. The van der Waals surface area contributed by atoms with Crippen LogP contribution in [0.4, 0.5) is 0 Å². The number of aromatic nitrogens is 2. The molecule has 3 rings (SSSR count). The number of hydrogen-bond donors (Lipinski definition) is 1. The summed E-state index contributed by atoms with van der Waals surface area (Å²) in [5.41, 5.74) is 1.83. The summed E-state index contributed by atoms with van der Waals surface area (Å²) in [4.78, 5) is 20.2. The van der Waals surface area contributed by atoms with Gasteiger partial charge in [-0.3, -0.25) is 4.79 Å². The van der Waals surface area contributed by atoms with Gasteiger partial charge in [-0.15, -0.1) is 17.8 Å². The summed E-state index contributed by atoms with van der Waals surface area (Å²) in [5, 5.41) is 3.19. The molecule has 2 heterocycles. The predicted octanol–water partition coefficient (Wildman–Crippen LogP) is 3.38. The second-order valence-corrected chi connectivity index (χ2v) is 5.88. The van der Waals surface area contributed by atoms with E-state index >= 15 is 0 Å². The van der Waals surface area contributed by atoms with Crippen molar-refractivity contribution in [3.05, 3.63) is 46.1 Å². The number of nitrogens with zero attached hydrogens (tertiary/aromatic N) is 1. The number of H-pyrrole nitrogens is 1. The first-order chi connectivity index (χ1) is 9.79. The van der Waals surface area contributed by atoms with Crippen LogP contribution in [0.3, 0.4) is 0 Å². The van der Waals surface area contributed by atoms with Crippen molar-refractivity contribution >= 4 is 33.3 Å². The van der Waals surface area contributed by atoms with Crippen LogP contribution in [0.5, 0.6) is 0 Å². The first-order valence-corrected chi connectivity index (χ1v) is 7.79. The van der Waals surface area contributed by atoms with E-state index in [0.29, 0.717) is 16.3 Å². The molecule has 3 aromatic rings. The van der Waals surface area contributed by atoms with Crippen LogP contribution < -0.4 is 5.56 Å². The van der Waals surface area contributed by atoms with Gasteiger partial charge >= 0.3 is 0 Å². The maximum Gasteiger partial charge on any atom is 0.260 e. The molecule has 0 unspecified atom stereocenters. The Kier molecular flexibility index (Phi) is 3.59. The van der Waals surface area contributed by atoms with Crippen LogP contribution in [-0.2, 0) is 0 Å². The number of thioether (sulfide) groups is 1. The molecule has 20 heavy (non-hydrogen) atoms. The summed E-state index contributed by atoms with van der Waals surface area (Å²) in [7, 11) is 0. The Bertz CT molecular complexity index is 844. The maximum atomic E-state index is 12.3. The number of rotatable bonds is 3. The quantitative estimate of drug-likeness (QED) is 0.458. The molecule has 3 nitrogen and oxygen atoms in total. The first kappa shape index (κ1) is 13.0. The molecule has 0 atom stereocenters. The fourth-order valence-corrected chi connectivity index (χ4v) is 3.48. The average Bonchev–Trinajstić information content (AvgIpc) is 2.90. The van der Waals surface area contributed by atoms with E-state index in [2.05, 4.69) is 15.9 Å². The SMILES string of the molecule is C#CCSc1nc2scc(-c3ccccc3)c2c(=O)[nH]1. The third kappa shape index (κ3) is 2.36. The highest BCUT2D eigenvalue weighted by molar-refractivity contribution is 7.99. The fraction of sp³-hybridized carbons (Fsp3) is 0.0667. The van der Waals surface area contributed by atoms with Gasteiger partial charge in [-0.2, -0.15) is 0 Å². The molecule has 1 aromatic carbocycles. The summed E-state index contributed by atoms with van der Waals surface area (Å²) >= 11 is 2.83. The van der Waals surface area contributed by atoms with Crippen molar-refractivity contribution in [1.82, 2.24) is 9.97 Å². The predicted molar refractivity (Wildman–Crippen MR) is 85.2 cm³/mol. The third-order valence-corrected chi connectivity index (χ3v) is 4.45. The molecule has 1 N–H and O–H groups in total. The van der Waals surface area contributed by atoms with Gasteiger partial charge in [0.05, 0.1) is 11.1 Å². The molecule has 0 spiro atoms. The molecular formula is C15H10N2OS2. The van der Waals surface area contributed by atoms with Crippen molar-refractivity contribution in [3.63, 3.8) is 0 Å². The van der Waals surface area contributed by atoms with Gasteiger partial charge in [0.15, 0.2) is 5.16 Å². The second kappa shape index (κ2) is 5.53. The van der Waals surface area contributed by atoms with E-state index in [-0.39, 0.29) is 5.56 Å². The lowest BCUT2D eigenvalue weighted by Gasteiger charge is -2.00. The van der Waals surface area contributed by atoms with Crippen molar-refractivity contribution < 1.29 is 0 Å². The number of terminal acetylenes is 1. The largest absolute Gasteiger partial charge is 0.301 e. The lowest BCUT2D eigenvalue weighted by Crippen LogP contribution is -2.08. The molecular weight excluding hydrogens is 288 g/mol. The van der Waals surface area contributed by atoms with Gasteiger partial charge in [-0.25, -0.2) is 4.98 Å². The van der Waals surface area contributed by atoms with Gasteiger partial charge in [0.25, 0.3) is 5.56 Å². The van der Waals surface area contributed by atoms with Crippen molar-refractivity contribution in [2.24, 2.45) is 0 Å². The highest BCUT2D eigenvalue weighted by atomic mass is 32.2. The molecule has 0 aliphatic heterocycles. The van der Waals surface area contributed by atoms with E-state index in [9.17, 15) is 4.79 Å². The molecule has 0 aliphatic carbocycles. The van der Waals surface area contributed by atoms with Gasteiger partial charge in [0.1, 0.15) is 4.83 Å². The molecule has 0 amide bonds. The summed E-state index contributed by atoms with van der Waals surface area (Å²) in [5.74, 6) is 3.01. The Balaban J connectivity index is 2.15. The molecule has 0 radical (unpaired) electrons. The van der Waals surface area contributed by atoms with Gasteiger partial charge in [-0.1, -0.05) is 48.0 Å². The lowest BCUT2D eigenvalue weighted by molar-refractivity contribution is 0.983. The van der Waals surface area contributed by atoms with E-state index in [1.54, 1.807) is 0 Å². The van der Waals surface area contributed by atoms with E-state index in [1.165, 1.54) is 23.1 Å². The fourth-order valence-electron chi connectivity index (χ4n) is 1.94. The second-order valence-electron chi connectivity index (χ2n) is 4.06. The zero-order valence-corrected chi connectivity index (χ0v) is 12.1. The zero-order valence-electron chi connectivity index (χ0n) is 10.4. The Hall–Kier alpha value is -2.03. The maximum absolute atomic E-state index is 12.3. The molecule has 2 aromatic heterocycles. The van der Waals surface area contributed by atoms with E-state index < -0.39 is 0 Å². The minimum absolute atomic E-state index is 0.116. The first-order valence-electron chi connectivity index (χ1n) is 5.93. The van der Waals surface area contributed by atoms with Crippen molar-refractivity contribution in [2.75, 3.05) is 5.75 Å². The molecule has 0 aliphatic rings. The van der Waals surface area contributed by atoms with Crippen molar-refractivity contribution in [3.8, 4) is 23.5 Å². The summed E-state index contributed by atoms with van der Waals surface area (Å²) in [6, 6.07) is 9.84. The number of nitrogens with one attached hydrogen (secondary N) is 1. The van der Waals surface area contributed by atoms with Crippen LogP contribution in [0, 0.1) is 12.3 Å². The molecule has 98 valence electrons. The Morgan fingerprint density at radius 1 is 1.35 bits per heavy atom. The Labute approximate surface area is 124 Å². The molecule has 0 bridgehead atoms. The number of thiophene rings is 1. The van der Waals surface area contributed by atoms with E-state index in [1.807, 2.05) is 35.7 Å². The van der Waals surface area contributed by atoms with Gasteiger partial charge in [0.2, 0.25) is 0 Å². The number of hydrogen-bond acceptors (Lipinski definition) is 4. The van der Waals surface area contributed by atoms with Gasteiger partial charge in [-0.05, 0) is 5.56 Å². The summed E-state index contributed by atoms with van der Waals surface area (Å²) < 4.78 is 0. The van der Waals surface area contributed by atoms with Gasteiger partial charge < -0.3 is 4.98 Å². The smallest absolute Gasteiger partial charge is 0.260 e. The highest BCUT2D eigenvalue weighted by Gasteiger charge is 2.12. The van der Waals surface area contributed by atoms with Crippen LogP contribution in [0.15, 0.2) is 45.7 Å². The number of benzene rings is 1. The van der Waals surface area contributed by atoms with Crippen LogP contribution in [0.2, 0.25) is 0 Å². The third-order valence-electron chi connectivity index (χ3n) is 2.80. The lowest BCUT2D eigenvalue weighted by atomic mass is 10.1. The van der Waals surface area contributed by atoms with Crippen molar-refractivity contribution in [1.29, 1.82) is 0 Å². The van der Waals surface area contributed by atoms with E-state index in [0.717, 1.165) is 16.0 Å². The normalized spacial score (nSPS) is 10.6. The Morgan fingerprint density at radius 2 is 2.15 bits per heavy atom. The zero-order chi connectivity index (χ0) is 13.9. The topological polar surface area (TPSA) is 45.8 Å². The minimum Gasteiger partial charge on any atom is -0.301 e. The Morgan fingerprint density at radius 3 is 2.90 bits per heavy atom. The van der Waals surface area contributed by atoms with Gasteiger partial charge in [0, 0.05) is 10.9 Å². The van der Waals surface area contributed by atoms with Crippen molar-refractivity contribution in [2.45, 2.75) is 5.16 Å².